The van der Waals surface area contributed by atoms with E-state index >= 15 is 0 Å². The highest BCUT2D eigenvalue weighted by Crippen LogP contribution is 2.38. The molecule has 19 heavy (non-hydrogen) atoms. The van der Waals surface area contributed by atoms with Gasteiger partial charge in [-0.25, -0.2) is 4.39 Å². The molecule has 1 aliphatic carbocycles. The highest BCUT2D eigenvalue weighted by atomic mass is 35.5. The molecule has 0 amide bonds. The van der Waals surface area contributed by atoms with Gasteiger partial charge in [-0.3, -0.25) is 0 Å². The number of anilines is 1. The molecule has 1 saturated heterocycles. The lowest BCUT2D eigenvalue weighted by molar-refractivity contribution is 0.430. The van der Waals surface area contributed by atoms with Crippen molar-refractivity contribution in [2.75, 3.05) is 11.4 Å². The van der Waals surface area contributed by atoms with Gasteiger partial charge in [0.1, 0.15) is 5.82 Å². The SMILES string of the molecule is Fc1cc(CCl)cc(N2CCCC2C2CCCC2)c1. The lowest BCUT2D eigenvalue weighted by atomic mass is 9.95. The van der Waals surface area contributed by atoms with Crippen LogP contribution in [0.4, 0.5) is 10.1 Å². The van der Waals surface area contributed by atoms with Gasteiger partial charge in [-0.2, -0.15) is 0 Å². The van der Waals surface area contributed by atoms with E-state index in [0.717, 1.165) is 23.7 Å². The van der Waals surface area contributed by atoms with Gasteiger partial charge in [0, 0.05) is 24.2 Å². The maximum Gasteiger partial charge on any atom is 0.125 e. The van der Waals surface area contributed by atoms with Crippen LogP contribution in [0.2, 0.25) is 0 Å². The largest absolute Gasteiger partial charge is 0.368 e. The second kappa shape index (κ2) is 5.70. The molecule has 2 aliphatic rings. The van der Waals surface area contributed by atoms with Gasteiger partial charge in [-0.15, -0.1) is 11.6 Å². The van der Waals surface area contributed by atoms with Gasteiger partial charge >= 0.3 is 0 Å². The van der Waals surface area contributed by atoms with Crippen LogP contribution in [-0.2, 0) is 5.88 Å². The van der Waals surface area contributed by atoms with Crippen molar-refractivity contribution in [3.63, 3.8) is 0 Å². The Morgan fingerprint density at radius 3 is 2.63 bits per heavy atom. The fourth-order valence-electron chi connectivity index (χ4n) is 3.82. The lowest BCUT2D eigenvalue weighted by Crippen LogP contribution is -2.34. The average Bonchev–Trinajstić information content (AvgIpc) is 3.08. The number of nitrogens with zero attached hydrogens (tertiary/aromatic N) is 1. The maximum absolute atomic E-state index is 13.7. The molecule has 3 heteroatoms. The van der Waals surface area contributed by atoms with Crippen molar-refractivity contribution in [2.45, 2.75) is 50.4 Å². The van der Waals surface area contributed by atoms with Crippen molar-refractivity contribution < 1.29 is 4.39 Å². The van der Waals surface area contributed by atoms with E-state index in [2.05, 4.69) is 11.0 Å². The van der Waals surface area contributed by atoms with E-state index in [1.807, 2.05) is 0 Å². The van der Waals surface area contributed by atoms with Crippen LogP contribution in [0.1, 0.15) is 44.1 Å². The zero-order chi connectivity index (χ0) is 13.2. The maximum atomic E-state index is 13.7. The third-order valence-electron chi connectivity index (χ3n) is 4.67. The van der Waals surface area contributed by atoms with Crippen molar-refractivity contribution in [3.8, 4) is 0 Å². The fourth-order valence-corrected chi connectivity index (χ4v) is 3.98. The zero-order valence-electron chi connectivity index (χ0n) is 11.2. The van der Waals surface area contributed by atoms with Crippen LogP contribution in [0, 0.1) is 11.7 Å². The average molecular weight is 282 g/mol. The van der Waals surface area contributed by atoms with Crippen molar-refractivity contribution in [3.05, 3.63) is 29.6 Å². The summed E-state index contributed by atoms with van der Waals surface area (Å²) in [5, 5.41) is 0. The van der Waals surface area contributed by atoms with Crippen LogP contribution in [0.5, 0.6) is 0 Å². The van der Waals surface area contributed by atoms with Crippen LogP contribution in [0.25, 0.3) is 0 Å². The minimum atomic E-state index is -0.162. The number of alkyl halides is 1. The molecule has 0 bridgehead atoms. The standard InChI is InChI=1S/C16H21ClFN/c17-11-12-8-14(18)10-15(9-12)19-7-3-6-16(19)13-4-1-2-5-13/h8-10,13,16H,1-7,11H2. The van der Waals surface area contributed by atoms with E-state index < -0.39 is 0 Å². The summed E-state index contributed by atoms with van der Waals surface area (Å²) in [6, 6.07) is 5.89. The number of benzene rings is 1. The first-order valence-corrected chi connectivity index (χ1v) is 7.93. The minimum Gasteiger partial charge on any atom is -0.368 e. The molecular weight excluding hydrogens is 261 g/mol. The van der Waals surface area contributed by atoms with Crippen molar-refractivity contribution in [2.24, 2.45) is 5.92 Å². The van der Waals surface area contributed by atoms with E-state index in [9.17, 15) is 4.39 Å². The minimum absolute atomic E-state index is 0.162. The molecule has 0 radical (unpaired) electrons. The predicted octanol–water partition coefficient (Wildman–Crippen LogP) is 4.72. The van der Waals surface area contributed by atoms with Crippen molar-refractivity contribution in [1.82, 2.24) is 0 Å². The Morgan fingerprint density at radius 2 is 1.89 bits per heavy atom. The van der Waals surface area contributed by atoms with Crippen LogP contribution >= 0.6 is 11.6 Å². The second-order valence-electron chi connectivity index (χ2n) is 5.90. The van der Waals surface area contributed by atoms with E-state index in [4.69, 9.17) is 11.6 Å². The first kappa shape index (κ1) is 13.2. The molecule has 0 spiro atoms. The van der Waals surface area contributed by atoms with E-state index in [-0.39, 0.29) is 5.82 Å². The number of rotatable bonds is 3. The molecule has 2 fully saturated rings. The quantitative estimate of drug-likeness (QED) is 0.725. The number of hydrogen-bond acceptors (Lipinski definition) is 1. The number of hydrogen-bond donors (Lipinski definition) is 0. The smallest absolute Gasteiger partial charge is 0.125 e. The fraction of sp³-hybridized carbons (Fsp3) is 0.625. The van der Waals surface area contributed by atoms with E-state index in [1.165, 1.54) is 44.6 Å². The summed E-state index contributed by atoms with van der Waals surface area (Å²) in [5.41, 5.74) is 1.92. The molecule has 0 N–H and O–H groups in total. The number of halogens is 2. The normalized spacial score (nSPS) is 24.3. The highest BCUT2D eigenvalue weighted by Gasteiger charge is 2.33. The molecule has 1 aliphatic heterocycles. The molecule has 1 saturated carbocycles. The summed E-state index contributed by atoms with van der Waals surface area (Å²) in [7, 11) is 0. The predicted molar refractivity (Wildman–Crippen MR) is 78.3 cm³/mol. The molecule has 1 atom stereocenters. The van der Waals surface area contributed by atoms with Gasteiger partial charge in [0.15, 0.2) is 0 Å². The molecule has 0 aromatic heterocycles. The molecule has 1 heterocycles. The Kier molecular flexibility index (Phi) is 3.97. The Labute approximate surface area is 119 Å². The van der Waals surface area contributed by atoms with Gasteiger partial charge in [-0.1, -0.05) is 12.8 Å². The van der Waals surface area contributed by atoms with Gasteiger partial charge in [0.25, 0.3) is 0 Å². The first-order chi connectivity index (χ1) is 9.28. The van der Waals surface area contributed by atoms with E-state index in [0.29, 0.717) is 11.9 Å². The Morgan fingerprint density at radius 1 is 1.11 bits per heavy atom. The molecule has 104 valence electrons. The topological polar surface area (TPSA) is 3.24 Å². The van der Waals surface area contributed by atoms with Gasteiger partial charge < -0.3 is 4.90 Å². The summed E-state index contributed by atoms with van der Waals surface area (Å²) in [5.74, 6) is 1.03. The van der Waals surface area contributed by atoms with Crippen LogP contribution < -0.4 is 4.90 Å². The van der Waals surface area contributed by atoms with Crippen LogP contribution in [-0.4, -0.2) is 12.6 Å². The Bertz CT molecular complexity index is 442. The van der Waals surface area contributed by atoms with Crippen LogP contribution in [0.15, 0.2) is 18.2 Å². The Hall–Kier alpha value is -0.760. The van der Waals surface area contributed by atoms with E-state index in [1.54, 1.807) is 6.07 Å². The van der Waals surface area contributed by atoms with Gasteiger partial charge in [-0.05, 0) is 55.4 Å². The zero-order valence-corrected chi connectivity index (χ0v) is 12.0. The lowest BCUT2D eigenvalue weighted by Gasteiger charge is -2.31. The van der Waals surface area contributed by atoms with Gasteiger partial charge in [0.2, 0.25) is 0 Å². The third kappa shape index (κ3) is 2.74. The molecule has 1 aromatic carbocycles. The summed E-state index contributed by atoms with van der Waals surface area (Å²) in [4.78, 5) is 2.43. The monoisotopic (exact) mass is 281 g/mol. The molecular formula is C16H21ClFN. The molecule has 1 unspecified atom stereocenters. The summed E-state index contributed by atoms with van der Waals surface area (Å²) in [6.07, 6.45) is 7.92. The van der Waals surface area contributed by atoms with Gasteiger partial charge in [0.05, 0.1) is 0 Å². The summed E-state index contributed by atoms with van der Waals surface area (Å²) in [6.45, 7) is 1.06. The van der Waals surface area contributed by atoms with Crippen LogP contribution in [0.3, 0.4) is 0 Å². The summed E-state index contributed by atoms with van der Waals surface area (Å²) >= 11 is 5.86. The summed E-state index contributed by atoms with van der Waals surface area (Å²) < 4.78 is 13.7. The molecule has 1 nitrogen and oxygen atoms in total. The third-order valence-corrected chi connectivity index (χ3v) is 4.98. The van der Waals surface area contributed by atoms with Crippen molar-refractivity contribution in [1.29, 1.82) is 0 Å². The molecule has 3 rings (SSSR count). The van der Waals surface area contributed by atoms with Crippen molar-refractivity contribution >= 4 is 17.3 Å². The Balaban J connectivity index is 1.85. The first-order valence-electron chi connectivity index (χ1n) is 7.40. The molecule has 1 aromatic rings. The second-order valence-corrected chi connectivity index (χ2v) is 6.17. The highest BCUT2D eigenvalue weighted by molar-refractivity contribution is 6.17.